The first kappa shape index (κ1) is 11.9. The average molecular weight is 252 g/mol. The highest BCUT2D eigenvalue weighted by molar-refractivity contribution is 5.46. The second-order valence-electron chi connectivity index (χ2n) is 5.62. The van der Waals surface area contributed by atoms with E-state index in [9.17, 15) is 8.78 Å². The molecule has 2 nitrogen and oxygen atoms in total. The Morgan fingerprint density at radius 3 is 2.56 bits per heavy atom. The second kappa shape index (κ2) is 4.50. The smallest absolute Gasteiger partial charge is 0.149 e. The van der Waals surface area contributed by atoms with E-state index in [2.05, 4.69) is 10.6 Å². The lowest BCUT2D eigenvalue weighted by molar-refractivity contribution is 0.0717. The summed E-state index contributed by atoms with van der Waals surface area (Å²) in [5.41, 5.74) is 0.893. The van der Waals surface area contributed by atoms with Crippen molar-refractivity contribution in [2.45, 2.75) is 31.7 Å². The van der Waals surface area contributed by atoms with Crippen LogP contribution in [-0.2, 0) is 0 Å². The largest absolute Gasteiger partial charge is 0.380 e. The number of hydrogen-bond donors (Lipinski definition) is 2. The molecule has 1 saturated heterocycles. The summed E-state index contributed by atoms with van der Waals surface area (Å²) in [6, 6.07) is 4.05. The molecule has 2 N–H and O–H groups in total. The summed E-state index contributed by atoms with van der Waals surface area (Å²) in [5.74, 6) is -1.03. The number of halogens is 2. The van der Waals surface area contributed by atoms with Gasteiger partial charge in [-0.3, -0.25) is 0 Å². The Labute approximate surface area is 106 Å². The molecule has 0 aromatic heterocycles. The van der Waals surface area contributed by atoms with E-state index in [1.165, 1.54) is 25.0 Å². The van der Waals surface area contributed by atoms with E-state index in [1.807, 2.05) is 0 Å². The first-order chi connectivity index (χ1) is 8.67. The van der Waals surface area contributed by atoms with Crippen LogP contribution in [-0.4, -0.2) is 19.1 Å². The van der Waals surface area contributed by atoms with Crippen molar-refractivity contribution in [3.05, 3.63) is 29.8 Å². The van der Waals surface area contributed by atoms with Crippen molar-refractivity contribution in [2.75, 3.05) is 18.4 Å². The molecule has 3 rings (SSSR count). The van der Waals surface area contributed by atoms with E-state index in [0.717, 1.165) is 32.0 Å². The second-order valence-corrected chi connectivity index (χ2v) is 5.62. The molecule has 1 heterocycles. The highest BCUT2D eigenvalue weighted by Crippen LogP contribution is 2.48. The van der Waals surface area contributed by atoms with Crippen LogP contribution in [0.15, 0.2) is 18.2 Å². The Morgan fingerprint density at radius 1 is 1.17 bits per heavy atom. The van der Waals surface area contributed by atoms with Crippen LogP contribution < -0.4 is 10.6 Å². The van der Waals surface area contributed by atoms with Gasteiger partial charge in [-0.25, -0.2) is 8.78 Å². The maximum atomic E-state index is 13.5. The van der Waals surface area contributed by atoms with Crippen LogP contribution in [0.3, 0.4) is 0 Å². The van der Waals surface area contributed by atoms with Gasteiger partial charge in [-0.1, -0.05) is 0 Å². The monoisotopic (exact) mass is 252 g/mol. The Morgan fingerprint density at radius 2 is 1.89 bits per heavy atom. The molecule has 98 valence electrons. The lowest BCUT2D eigenvalue weighted by atomic mass is 9.60. The van der Waals surface area contributed by atoms with Crippen molar-refractivity contribution in [1.29, 1.82) is 0 Å². The Bertz CT molecular complexity index is 433. The zero-order valence-electron chi connectivity index (χ0n) is 10.3. The molecular weight excluding hydrogens is 234 g/mol. The summed E-state index contributed by atoms with van der Waals surface area (Å²) in [7, 11) is 0. The number of benzene rings is 1. The third-order valence-corrected chi connectivity index (χ3v) is 4.31. The van der Waals surface area contributed by atoms with Crippen LogP contribution in [0.4, 0.5) is 14.5 Å². The van der Waals surface area contributed by atoms with Crippen LogP contribution in [0.5, 0.6) is 0 Å². The predicted molar refractivity (Wildman–Crippen MR) is 67.5 cm³/mol. The Kier molecular flexibility index (Phi) is 2.98. The maximum absolute atomic E-state index is 13.5. The summed E-state index contributed by atoms with van der Waals surface area (Å²) >= 11 is 0. The predicted octanol–water partition coefficient (Wildman–Crippen LogP) is 2.91. The third-order valence-electron chi connectivity index (χ3n) is 4.31. The summed E-state index contributed by atoms with van der Waals surface area (Å²) in [5, 5.41) is 6.55. The van der Waals surface area contributed by atoms with Gasteiger partial charge >= 0.3 is 0 Å². The lowest BCUT2D eigenvalue weighted by Gasteiger charge is -2.50. The molecule has 0 radical (unpaired) electrons. The topological polar surface area (TPSA) is 24.1 Å². The minimum absolute atomic E-state index is 0.336. The van der Waals surface area contributed by atoms with E-state index in [4.69, 9.17) is 0 Å². The van der Waals surface area contributed by atoms with E-state index in [1.54, 1.807) is 0 Å². The van der Waals surface area contributed by atoms with Gasteiger partial charge in [0.25, 0.3) is 0 Å². The van der Waals surface area contributed by atoms with Gasteiger partial charge in [-0.15, -0.1) is 0 Å². The van der Waals surface area contributed by atoms with Gasteiger partial charge in [0.05, 0.1) is 5.69 Å². The number of hydrogen-bond acceptors (Lipinski definition) is 2. The quantitative estimate of drug-likeness (QED) is 0.845. The van der Waals surface area contributed by atoms with Gasteiger partial charge in [0.15, 0.2) is 0 Å². The van der Waals surface area contributed by atoms with Crippen molar-refractivity contribution in [3.8, 4) is 0 Å². The minimum Gasteiger partial charge on any atom is -0.380 e. The summed E-state index contributed by atoms with van der Waals surface area (Å²) in [6.07, 6.45) is 4.64. The number of piperidine rings is 1. The summed E-state index contributed by atoms with van der Waals surface area (Å²) < 4.78 is 26.3. The maximum Gasteiger partial charge on any atom is 0.149 e. The van der Waals surface area contributed by atoms with Crippen LogP contribution >= 0.6 is 0 Å². The number of anilines is 1. The van der Waals surface area contributed by atoms with Crippen molar-refractivity contribution in [3.63, 3.8) is 0 Å². The fourth-order valence-electron chi connectivity index (χ4n) is 3.28. The SMILES string of the molecule is Fc1ccc(NC2CC3(CCNCC3)C2)c(F)c1. The molecule has 0 atom stereocenters. The minimum atomic E-state index is -0.526. The van der Waals surface area contributed by atoms with Crippen molar-refractivity contribution >= 4 is 5.69 Å². The zero-order valence-corrected chi connectivity index (χ0v) is 10.3. The van der Waals surface area contributed by atoms with Gasteiger partial charge in [0, 0.05) is 12.1 Å². The van der Waals surface area contributed by atoms with E-state index < -0.39 is 11.6 Å². The molecule has 1 aromatic carbocycles. The number of nitrogens with one attached hydrogen (secondary N) is 2. The molecule has 1 spiro atoms. The molecule has 1 aromatic rings. The van der Waals surface area contributed by atoms with Gasteiger partial charge in [-0.05, 0) is 56.3 Å². The molecule has 0 amide bonds. The van der Waals surface area contributed by atoms with Gasteiger partial charge in [-0.2, -0.15) is 0 Å². The number of rotatable bonds is 2. The van der Waals surface area contributed by atoms with Gasteiger partial charge in [0.2, 0.25) is 0 Å². The van der Waals surface area contributed by atoms with Gasteiger partial charge < -0.3 is 10.6 Å². The van der Waals surface area contributed by atoms with Crippen molar-refractivity contribution in [2.24, 2.45) is 5.41 Å². The fourth-order valence-corrected chi connectivity index (χ4v) is 3.28. The molecule has 4 heteroatoms. The zero-order chi connectivity index (χ0) is 12.6. The van der Waals surface area contributed by atoms with E-state index in [0.29, 0.717) is 17.1 Å². The Balaban J connectivity index is 1.59. The van der Waals surface area contributed by atoms with E-state index >= 15 is 0 Å². The van der Waals surface area contributed by atoms with Crippen LogP contribution in [0, 0.1) is 17.0 Å². The fraction of sp³-hybridized carbons (Fsp3) is 0.571. The molecule has 1 saturated carbocycles. The lowest BCUT2D eigenvalue weighted by Crippen LogP contribution is -2.50. The van der Waals surface area contributed by atoms with E-state index in [-0.39, 0.29) is 0 Å². The third kappa shape index (κ3) is 2.21. The summed E-state index contributed by atoms with van der Waals surface area (Å²) in [6.45, 7) is 2.19. The molecule has 1 aliphatic carbocycles. The van der Waals surface area contributed by atoms with Crippen LogP contribution in [0.2, 0.25) is 0 Å². The highest BCUT2D eigenvalue weighted by Gasteiger charge is 2.44. The molecule has 0 unspecified atom stereocenters. The van der Waals surface area contributed by atoms with Crippen LogP contribution in [0.25, 0.3) is 0 Å². The summed E-state index contributed by atoms with van der Waals surface area (Å²) in [4.78, 5) is 0. The molecule has 1 aliphatic heterocycles. The Hall–Kier alpha value is -1.16. The molecule has 18 heavy (non-hydrogen) atoms. The standard InChI is InChI=1S/C14H18F2N2/c15-10-1-2-13(12(16)7-10)18-11-8-14(9-11)3-5-17-6-4-14/h1-2,7,11,17-18H,3-6,8-9H2. The van der Waals surface area contributed by atoms with Crippen molar-refractivity contribution < 1.29 is 8.78 Å². The average Bonchev–Trinajstić information content (AvgIpc) is 2.32. The first-order valence-electron chi connectivity index (χ1n) is 6.59. The van der Waals surface area contributed by atoms with Gasteiger partial charge in [0.1, 0.15) is 11.6 Å². The molecule has 0 bridgehead atoms. The highest BCUT2D eigenvalue weighted by atomic mass is 19.1. The normalized spacial score (nSPS) is 22.8. The van der Waals surface area contributed by atoms with Crippen LogP contribution in [0.1, 0.15) is 25.7 Å². The van der Waals surface area contributed by atoms with Crippen molar-refractivity contribution in [1.82, 2.24) is 5.32 Å². The molecular formula is C14H18F2N2. The molecule has 2 fully saturated rings. The first-order valence-corrected chi connectivity index (χ1v) is 6.59. The molecule has 2 aliphatic rings.